The van der Waals surface area contributed by atoms with Crippen LogP contribution in [0.4, 0.5) is 5.69 Å². The van der Waals surface area contributed by atoms with Gasteiger partial charge in [0.05, 0.1) is 17.4 Å². The molecule has 0 unspecified atom stereocenters. The molecule has 1 aliphatic carbocycles. The number of aryl methyl sites for hydroxylation is 3. The molecule has 0 atom stereocenters. The van der Waals surface area contributed by atoms with E-state index in [0.29, 0.717) is 17.2 Å². The summed E-state index contributed by atoms with van der Waals surface area (Å²) in [6.45, 7) is 4.27. The molecule has 4 rings (SSSR count). The number of benzene rings is 1. The topological polar surface area (TPSA) is 64.0 Å². The first-order chi connectivity index (χ1) is 14.0. The van der Waals surface area contributed by atoms with E-state index in [2.05, 4.69) is 16.4 Å². The van der Waals surface area contributed by atoms with Crippen LogP contribution in [-0.4, -0.2) is 20.7 Å². The summed E-state index contributed by atoms with van der Waals surface area (Å²) in [4.78, 5) is 32.7. The molecule has 0 saturated heterocycles. The Kier molecular flexibility index (Phi) is 6.06. The maximum absolute atomic E-state index is 12.8. The number of anilines is 1. The molecule has 7 heteroatoms. The van der Waals surface area contributed by atoms with Crippen LogP contribution in [0.2, 0.25) is 0 Å². The van der Waals surface area contributed by atoms with Crippen LogP contribution < -0.4 is 10.9 Å². The summed E-state index contributed by atoms with van der Waals surface area (Å²) < 4.78 is 1.54. The Labute approximate surface area is 178 Å². The zero-order valence-electron chi connectivity index (χ0n) is 16.7. The quantitative estimate of drug-likeness (QED) is 0.592. The van der Waals surface area contributed by atoms with Crippen LogP contribution in [0, 0.1) is 13.8 Å². The van der Waals surface area contributed by atoms with Gasteiger partial charge in [-0.25, -0.2) is 4.98 Å². The minimum Gasteiger partial charge on any atom is -0.325 e. The van der Waals surface area contributed by atoms with Crippen LogP contribution in [0.15, 0.2) is 40.3 Å². The summed E-state index contributed by atoms with van der Waals surface area (Å²) in [6.07, 6.45) is 6.86. The predicted molar refractivity (Wildman–Crippen MR) is 121 cm³/mol. The smallest absolute Gasteiger partial charge is 0.262 e. The van der Waals surface area contributed by atoms with Gasteiger partial charge in [0.2, 0.25) is 5.91 Å². The Balaban J connectivity index is 1.43. The molecule has 0 spiro atoms. The van der Waals surface area contributed by atoms with Gasteiger partial charge in [0, 0.05) is 28.0 Å². The second-order valence-electron chi connectivity index (χ2n) is 7.53. The molecule has 3 aromatic rings. The van der Waals surface area contributed by atoms with Crippen LogP contribution in [0.1, 0.15) is 42.5 Å². The molecule has 1 N–H and O–H groups in total. The number of aromatic nitrogens is 2. The fourth-order valence-corrected chi connectivity index (χ4v) is 6.04. The molecule has 0 radical (unpaired) electrons. The number of nitrogens with zero attached hydrogens (tertiary/aromatic N) is 2. The van der Waals surface area contributed by atoms with Crippen molar-refractivity contribution in [3.05, 3.63) is 51.4 Å². The van der Waals surface area contributed by atoms with Crippen molar-refractivity contribution >= 4 is 44.9 Å². The second-order valence-corrected chi connectivity index (χ2v) is 10.1. The van der Waals surface area contributed by atoms with Crippen molar-refractivity contribution in [2.24, 2.45) is 0 Å². The SMILES string of the molecule is Cc1sc2ncn(CCC(=O)Nc3ccccc3SC3CCCC3)c(=O)c2c1C. The van der Waals surface area contributed by atoms with E-state index >= 15 is 0 Å². The number of nitrogens with one attached hydrogen (secondary N) is 1. The summed E-state index contributed by atoms with van der Waals surface area (Å²) in [5, 5.41) is 4.35. The molecule has 1 amide bonds. The Bertz CT molecular complexity index is 1100. The first kappa shape index (κ1) is 20.2. The standard InChI is InChI=1S/C22H25N3O2S2/c1-14-15(2)28-21-20(14)22(27)25(13-23-21)12-11-19(26)24-17-9-5-6-10-18(17)29-16-7-3-4-8-16/h5-6,9-10,13,16H,3-4,7-8,11-12H2,1-2H3,(H,24,26). The van der Waals surface area contributed by atoms with Gasteiger partial charge in [0.25, 0.3) is 5.56 Å². The lowest BCUT2D eigenvalue weighted by atomic mass is 10.2. The molecule has 2 aromatic heterocycles. The van der Waals surface area contributed by atoms with Crippen LogP contribution in [0.5, 0.6) is 0 Å². The minimum absolute atomic E-state index is 0.0677. The van der Waals surface area contributed by atoms with Crippen molar-refractivity contribution in [1.82, 2.24) is 9.55 Å². The van der Waals surface area contributed by atoms with E-state index in [1.165, 1.54) is 37.0 Å². The number of carbonyl (C=O) groups excluding carboxylic acids is 1. The van der Waals surface area contributed by atoms with E-state index in [1.54, 1.807) is 10.9 Å². The Morgan fingerprint density at radius 2 is 2.03 bits per heavy atom. The molecule has 1 aromatic carbocycles. The number of fused-ring (bicyclic) bond motifs is 1. The largest absolute Gasteiger partial charge is 0.325 e. The van der Waals surface area contributed by atoms with Crippen LogP contribution in [0.25, 0.3) is 10.2 Å². The molecule has 1 saturated carbocycles. The monoisotopic (exact) mass is 427 g/mol. The van der Waals surface area contributed by atoms with Gasteiger partial charge in [0.1, 0.15) is 4.83 Å². The fraction of sp³-hybridized carbons (Fsp3) is 0.409. The molecular weight excluding hydrogens is 402 g/mol. The van der Waals surface area contributed by atoms with E-state index in [0.717, 1.165) is 25.9 Å². The summed E-state index contributed by atoms with van der Waals surface area (Å²) in [5.41, 5.74) is 1.78. The van der Waals surface area contributed by atoms with E-state index in [9.17, 15) is 9.59 Å². The number of carbonyl (C=O) groups is 1. The zero-order valence-corrected chi connectivity index (χ0v) is 18.4. The Morgan fingerprint density at radius 1 is 1.28 bits per heavy atom. The van der Waals surface area contributed by atoms with Crippen molar-refractivity contribution in [1.29, 1.82) is 0 Å². The van der Waals surface area contributed by atoms with Crippen molar-refractivity contribution in [3.8, 4) is 0 Å². The number of thiophene rings is 1. The van der Waals surface area contributed by atoms with Crippen molar-refractivity contribution in [2.45, 2.75) is 62.6 Å². The number of para-hydroxylation sites is 1. The van der Waals surface area contributed by atoms with E-state index in [1.807, 2.05) is 43.8 Å². The van der Waals surface area contributed by atoms with Gasteiger partial charge in [-0.3, -0.25) is 14.2 Å². The van der Waals surface area contributed by atoms with Crippen LogP contribution in [-0.2, 0) is 11.3 Å². The summed E-state index contributed by atoms with van der Waals surface area (Å²) in [6, 6.07) is 7.98. The third-order valence-corrected chi connectivity index (χ3v) is 8.02. The van der Waals surface area contributed by atoms with Gasteiger partial charge in [0.15, 0.2) is 0 Å². The van der Waals surface area contributed by atoms with Gasteiger partial charge in [-0.1, -0.05) is 25.0 Å². The summed E-state index contributed by atoms with van der Waals surface area (Å²) in [7, 11) is 0. The van der Waals surface area contributed by atoms with Crippen LogP contribution in [0.3, 0.4) is 0 Å². The van der Waals surface area contributed by atoms with Crippen molar-refractivity contribution < 1.29 is 4.79 Å². The molecule has 2 heterocycles. The number of rotatable bonds is 6. The molecule has 0 aliphatic heterocycles. The summed E-state index contributed by atoms with van der Waals surface area (Å²) >= 11 is 3.40. The fourth-order valence-electron chi connectivity index (χ4n) is 3.72. The second kappa shape index (κ2) is 8.71. The Morgan fingerprint density at radius 3 is 2.83 bits per heavy atom. The molecule has 0 bridgehead atoms. The van der Waals surface area contributed by atoms with Gasteiger partial charge in [-0.05, 0) is 44.4 Å². The van der Waals surface area contributed by atoms with Crippen molar-refractivity contribution in [2.75, 3.05) is 5.32 Å². The summed E-state index contributed by atoms with van der Waals surface area (Å²) in [5.74, 6) is -0.0883. The predicted octanol–water partition coefficient (Wildman–Crippen LogP) is 5.14. The third kappa shape index (κ3) is 4.41. The molecular formula is C22H25N3O2S2. The Hall–Kier alpha value is -2.12. The number of hydrogen-bond acceptors (Lipinski definition) is 5. The maximum Gasteiger partial charge on any atom is 0.262 e. The third-order valence-electron chi connectivity index (χ3n) is 5.49. The van der Waals surface area contributed by atoms with E-state index in [-0.39, 0.29) is 17.9 Å². The van der Waals surface area contributed by atoms with Crippen LogP contribution >= 0.6 is 23.1 Å². The molecule has 1 aliphatic rings. The highest BCUT2D eigenvalue weighted by atomic mass is 32.2. The molecule has 5 nitrogen and oxygen atoms in total. The number of thioether (sulfide) groups is 1. The molecule has 29 heavy (non-hydrogen) atoms. The highest BCUT2D eigenvalue weighted by Crippen LogP contribution is 2.38. The lowest BCUT2D eigenvalue weighted by molar-refractivity contribution is -0.116. The average Bonchev–Trinajstić information content (AvgIpc) is 3.31. The average molecular weight is 428 g/mol. The zero-order chi connectivity index (χ0) is 20.4. The first-order valence-corrected chi connectivity index (χ1v) is 11.7. The van der Waals surface area contributed by atoms with Gasteiger partial charge in [-0.15, -0.1) is 23.1 Å². The lowest BCUT2D eigenvalue weighted by Crippen LogP contribution is -2.23. The first-order valence-electron chi connectivity index (χ1n) is 10.0. The molecule has 1 fully saturated rings. The van der Waals surface area contributed by atoms with Crippen molar-refractivity contribution in [3.63, 3.8) is 0 Å². The molecule has 152 valence electrons. The number of hydrogen-bond donors (Lipinski definition) is 1. The highest BCUT2D eigenvalue weighted by molar-refractivity contribution is 8.00. The highest BCUT2D eigenvalue weighted by Gasteiger charge is 2.18. The maximum atomic E-state index is 12.8. The van der Waals surface area contributed by atoms with E-state index < -0.39 is 0 Å². The van der Waals surface area contributed by atoms with E-state index in [4.69, 9.17) is 0 Å². The van der Waals surface area contributed by atoms with Gasteiger partial charge >= 0.3 is 0 Å². The van der Waals surface area contributed by atoms with Gasteiger partial charge < -0.3 is 5.32 Å². The lowest BCUT2D eigenvalue weighted by Gasteiger charge is -2.14. The van der Waals surface area contributed by atoms with Gasteiger partial charge in [-0.2, -0.15) is 0 Å². The minimum atomic E-state index is -0.0883. The number of amides is 1. The normalized spacial score (nSPS) is 14.6.